The summed E-state index contributed by atoms with van der Waals surface area (Å²) in [4.78, 5) is 0. The van der Waals surface area contributed by atoms with Crippen molar-refractivity contribution in [1.29, 1.82) is 0 Å². The number of benzene rings is 2. The van der Waals surface area contributed by atoms with E-state index in [1.54, 1.807) is 0 Å². The zero-order chi connectivity index (χ0) is 12.8. The zero-order valence-electron chi connectivity index (χ0n) is 10.7. The van der Waals surface area contributed by atoms with Crippen LogP contribution in [-0.4, -0.2) is 6.61 Å². The van der Waals surface area contributed by atoms with E-state index in [9.17, 15) is 0 Å². The standard InChI is InChI=1S/C16H19NO/c1-2-11-18-16-10-6-5-9-15(16)14-8-4-3-7-13(14)12-17/h3-10H,2,11-12,17H2,1H3. The predicted molar refractivity (Wildman–Crippen MR) is 75.6 cm³/mol. The maximum absolute atomic E-state index is 5.80. The Bertz CT molecular complexity index is 508. The predicted octanol–water partition coefficient (Wildman–Crippen LogP) is 3.60. The van der Waals surface area contributed by atoms with E-state index in [1.807, 2.05) is 30.3 Å². The van der Waals surface area contributed by atoms with Gasteiger partial charge in [0.25, 0.3) is 0 Å². The van der Waals surface area contributed by atoms with Crippen LogP contribution in [0.5, 0.6) is 5.75 Å². The fourth-order valence-corrected chi connectivity index (χ4v) is 1.99. The minimum Gasteiger partial charge on any atom is -0.493 e. The van der Waals surface area contributed by atoms with Crippen LogP contribution in [0.3, 0.4) is 0 Å². The summed E-state index contributed by atoms with van der Waals surface area (Å²) in [6, 6.07) is 16.3. The second-order valence-corrected chi connectivity index (χ2v) is 4.21. The van der Waals surface area contributed by atoms with Gasteiger partial charge in [0.15, 0.2) is 0 Å². The van der Waals surface area contributed by atoms with Crippen molar-refractivity contribution in [3.63, 3.8) is 0 Å². The zero-order valence-corrected chi connectivity index (χ0v) is 10.7. The van der Waals surface area contributed by atoms with E-state index in [0.29, 0.717) is 6.54 Å². The van der Waals surface area contributed by atoms with Gasteiger partial charge >= 0.3 is 0 Å². The monoisotopic (exact) mass is 241 g/mol. The van der Waals surface area contributed by atoms with Crippen molar-refractivity contribution in [1.82, 2.24) is 0 Å². The third-order valence-corrected chi connectivity index (χ3v) is 2.88. The smallest absolute Gasteiger partial charge is 0.127 e. The van der Waals surface area contributed by atoms with Gasteiger partial charge in [0.05, 0.1) is 6.61 Å². The molecule has 0 radical (unpaired) electrons. The van der Waals surface area contributed by atoms with Crippen LogP contribution in [-0.2, 0) is 6.54 Å². The van der Waals surface area contributed by atoms with Crippen molar-refractivity contribution in [2.45, 2.75) is 19.9 Å². The SMILES string of the molecule is CCCOc1ccccc1-c1ccccc1CN. The van der Waals surface area contributed by atoms with Crippen LogP contribution < -0.4 is 10.5 Å². The highest BCUT2D eigenvalue weighted by molar-refractivity contribution is 5.73. The van der Waals surface area contributed by atoms with Gasteiger partial charge in [-0.25, -0.2) is 0 Å². The summed E-state index contributed by atoms with van der Waals surface area (Å²) in [5, 5.41) is 0. The van der Waals surface area contributed by atoms with Gasteiger partial charge in [-0.3, -0.25) is 0 Å². The molecular formula is C16H19NO. The molecule has 0 aliphatic rings. The molecule has 0 amide bonds. The van der Waals surface area contributed by atoms with Crippen molar-refractivity contribution in [3.05, 3.63) is 54.1 Å². The molecule has 2 heteroatoms. The number of hydrogen-bond acceptors (Lipinski definition) is 2. The van der Waals surface area contributed by atoms with Crippen LogP contribution in [0.4, 0.5) is 0 Å². The maximum atomic E-state index is 5.80. The molecule has 18 heavy (non-hydrogen) atoms. The highest BCUT2D eigenvalue weighted by Crippen LogP contribution is 2.32. The third-order valence-electron chi connectivity index (χ3n) is 2.88. The summed E-state index contributed by atoms with van der Waals surface area (Å²) in [5.74, 6) is 0.931. The first kappa shape index (κ1) is 12.7. The quantitative estimate of drug-likeness (QED) is 0.868. The molecule has 2 aromatic rings. The Morgan fingerprint density at radius 2 is 1.61 bits per heavy atom. The van der Waals surface area contributed by atoms with Crippen molar-refractivity contribution < 1.29 is 4.74 Å². The molecule has 2 aromatic carbocycles. The highest BCUT2D eigenvalue weighted by atomic mass is 16.5. The first-order chi connectivity index (χ1) is 8.86. The minimum atomic E-state index is 0.540. The van der Waals surface area contributed by atoms with Gasteiger partial charge in [0, 0.05) is 12.1 Å². The van der Waals surface area contributed by atoms with Crippen molar-refractivity contribution in [2.24, 2.45) is 5.73 Å². The summed E-state index contributed by atoms with van der Waals surface area (Å²) in [6.45, 7) is 3.39. The van der Waals surface area contributed by atoms with Crippen molar-refractivity contribution >= 4 is 0 Å². The van der Waals surface area contributed by atoms with Gasteiger partial charge in [-0.2, -0.15) is 0 Å². The molecule has 0 atom stereocenters. The van der Waals surface area contributed by atoms with Crippen LogP contribution in [0.15, 0.2) is 48.5 Å². The van der Waals surface area contributed by atoms with Crippen molar-refractivity contribution in [3.8, 4) is 16.9 Å². The molecule has 0 fully saturated rings. The minimum absolute atomic E-state index is 0.540. The first-order valence-corrected chi connectivity index (χ1v) is 6.37. The Morgan fingerprint density at radius 1 is 0.944 bits per heavy atom. The Balaban J connectivity index is 2.43. The molecule has 0 aliphatic carbocycles. The average molecular weight is 241 g/mol. The van der Waals surface area contributed by atoms with E-state index >= 15 is 0 Å². The summed E-state index contributed by atoms with van der Waals surface area (Å²) in [7, 11) is 0. The van der Waals surface area contributed by atoms with Gasteiger partial charge in [0.2, 0.25) is 0 Å². The van der Waals surface area contributed by atoms with E-state index in [2.05, 4.69) is 25.1 Å². The second kappa shape index (κ2) is 6.22. The normalized spacial score (nSPS) is 10.3. The molecule has 0 aliphatic heterocycles. The third kappa shape index (κ3) is 2.71. The average Bonchev–Trinajstić information content (AvgIpc) is 2.45. The van der Waals surface area contributed by atoms with Crippen LogP contribution in [0.2, 0.25) is 0 Å². The van der Waals surface area contributed by atoms with Crippen LogP contribution in [0.1, 0.15) is 18.9 Å². The largest absolute Gasteiger partial charge is 0.493 e. The molecular weight excluding hydrogens is 222 g/mol. The summed E-state index contributed by atoms with van der Waals surface area (Å²) in [6.07, 6.45) is 1.01. The lowest BCUT2D eigenvalue weighted by Crippen LogP contribution is -2.01. The lowest BCUT2D eigenvalue weighted by molar-refractivity contribution is 0.318. The number of nitrogens with two attached hydrogens (primary N) is 1. The Labute approximate surface area is 108 Å². The topological polar surface area (TPSA) is 35.2 Å². The summed E-state index contributed by atoms with van der Waals surface area (Å²) < 4.78 is 5.80. The van der Waals surface area contributed by atoms with Crippen molar-refractivity contribution in [2.75, 3.05) is 6.61 Å². The Kier molecular flexibility index (Phi) is 4.37. The second-order valence-electron chi connectivity index (χ2n) is 4.21. The van der Waals surface area contributed by atoms with Crippen LogP contribution >= 0.6 is 0 Å². The summed E-state index contributed by atoms with van der Waals surface area (Å²) >= 11 is 0. The van der Waals surface area contributed by atoms with E-state index in [1.165, 1.54) is 0 Å². The van der Waals surface area contributed by atoms with E-state index in [0.717, 1.165) is 35.5 Å². The number of ether oxygens (including phenoxy) is 1. The number of hydrogen-bond donors (Lipinski definition) is 1. The summed E-state index contributed by atoms with van der Waals surface area (Å²) in [5.41, 5.74) is 9.22. The Morgan fingerprint density at radius 3 is 2.33 bits per heavy atom. The fraction of sp³-hybridized carbons (Fsp3) is 0.250. The molecule has 0 saturated carbocycles. The molecule has 0 bridgehead atoms. The molecule has 2 nitrogen and oxygen atoms in total. The molecule has 0 saturated heterocycles. The molecule has 2 rings (SSSR count). The van der Waals surface area contributed by atoms with E-state index in [4.69, 9.17) is 10.5 Å². The molecule has 0 aromatic heterocycles. The van der Waals surface area contributed by atoms with Gasteiger partial charge in [-0.05, 0) is 23.6 Å². The maximum Gasteiger partial charge on any atom is 0.127 e. The van der Waals surface area contributed by atoms with Crippen LogP contribution in [0.25, 0.3) is 11.1 Å². The van der Waals surface area contributed by atoms with E-state index < -0.39 is 0 Å². The number of para-hydroxylation sites is 1. The van der Waals surface area contributed by atoms with E-state index in [-0.39, 0.29) is 0 Å². The first-order valence-electron chi connectivity index (χ1n) is 6.37. The van der Waals surface area contributed by atoms with Crippen LogP contribution in [0, 0.1) is 0 Å². The van der Waals surface area contributed by atoms with Gasteiger partial charge in [0.1, 0.15) is 5.75 Å². The lowest BCUT2D eigenvalue weighted by Gasteiger charge is -2.13. The molecule has 0 heterocycles. The fourth-order valence-electron chi connectivity index (χ4n) is 1.99. The van der Waals surface area contributed by atoms with Gasteiger partial charge in [-0.15, -0.1) is 0 Å². The lowest BCUT2D eigenvalue weighted by atomic mass is 9.99. The highest BCUT2D eigenvalue weighted by Gasteiger charge is 2.08. The molecule has 0 spiro atoms. The molecule has 2 N–H and O–H groups in total. The Hall–Kier alpha value is -1.80. The molecule has 94 valence electrons. The van der Waals surface area contributed by atoms with Gasteiger partial charge < -0.3 is 10.5 Å². The molecule has 0 unspecified atom stereocenters. The van der Waals surface area contributed by atoms with Gasteiger partial charge in [-0.1, -0.05) is 49.4 Å². The number of rotatable bonds is 5.